The van der Waals surface area contributed by atoms with E-state index < -0.39 is 10.0 Å². The summed E-state index contributed by atoms with van der Waals surface area (Å²) in [7, 11) is -3.70. The Kier molecular flexibility index (Phi) is 5.16. The standard InChI is InChI=1S/C20H21N5O3S/c1-16-15-23(20(26)17-6-3-2-4-7-17)12-13-25(16)29(27,28)19-9-5-8-18(14-19)24-11-10-21-22-24/h2-11,14,16H,12-13,15H2,1H3. The Balaban J connectivity index is 1.53. The molecule has 150 valence electrons. The molecule has 0 spiro atoms. The average molecular weight is 411 g/mol. The fourth-order valence-electron chi connectivity index (χ4n) is 3.51. The minimum Gasteiger partial charge on any atom is -0.336 e. The summed E-state index contributed by atoms with van der Waals surface area (Å²) in [6.07, 6.45) is 3.19. The van der Waals surface area contributed by atoms with Crippen LogP contribution in [0.1, 0.15) is 17.3 Å². The highest BCUT2D eigenvalue weighted by Crippen LogP contribution is 2.24. The first-order chi connectivity index (χ1) is 14.0. The number of aromatic nitrogens is 3. The number of carbonyl (C=O) groups is 1. The van der Waals surface area contributed by atoms with Crippen LogP contribution in [0.25, 0.3) is 5.69 Å². The summed E-state index contributed by atoms with van der Waals surface area (Å²) in [6, 6.07) is 15.3. The quantitative estimate of drug-likeness (QED) is 0.653. The van der Waals surface area contributed by atoms with Crippen LogP contribution in [0.3, 0.4) is 0 Å². The highest BCUT2D eigenvalue weighted by Gasteiger charge is 2.35. The molecular formula is C20H21N5O3S. The molecule has 2 aromatic carbocycles. The van der Waals surface area contributed by atoms with Gasteiger partial charge < -0.3 is 4.90 Å². The van der Waals surface area contributed by atoms with E-state index >= 15 is 0 Å². The smallest absolute Gasteiger partial charge is 0.253 e. The number of nitrogens with zero attached hydrogens (tertiary/aromatic N) is 5. The minimum absolute atomic E-state index is 0.0809. The number of hydrogen-bond acceptors (Lipinski definition) is 5. The van der Waals surface area contributed by atoms with Gasteiger partial charge in [0.2, 0.25) is 10.0 Å². The van der Waals surface area contributed by atoms with Gasteiger partial charge in [0, 0.05) is 31.2 Å². The Hall–Kier alpha value is -3.04. The van der Waals surface area contributed by atoms with Gasteiger partial charge in [-0.1, -0.05) is 29.5 Å². The summed E-state index contributed by atoms with van der Waals surface area (Å²) >= 11 is 0. The van der Waals surface area contributed by atoms with Gasteiger partial charge in [-0.3, -0.25) is 4.79 Å². The lowest BCUT2D eigenvalue weighted by atomic mass is 10.1. The molecular weight excluding hydrogens is 390 g/mol. The monoisotopic (exact) mass is 411 g/mol. The third-order valence-electron chi connectivity index (χ3n) is 4.99. The molecule has 29 heavy (non-hydrogen) atoms. The van der Waals surface area contributed by atoms with E-state index in [2.05, 4.69) is 10.3 Å². The van der Waals surface area contributed by atoms with E-state index in [4.69, 9.17) is 0 Å². The van der Waals surface area contributed by atoms with E-state index in [1.807, 2.05) is 25.1 Å². The normalized spacial score (nSPS) is 18.0. The van der Waals surface area contributed by atoms with E-state index in [1.54, 1.807) is 47.5 Å². The van der Waals surface area contributed by atoms with E-state index in [-0.39, 0.29) is 23.4 Å². The molecule has 2 heterocycles. The van der Waals surface area contributed by atoms with Crippen molar-refractivity contribution in [2.24, 2.45) is 0 Å². The van der Waals surface area contributed by atoms with Crippen LogP contribution in [0, 0.1) is 0 Å². The number of hydrogen-bond donors (Lipinski definition) is 0. The molecule has 1 amide bonds. The number of piperazine rings is 1. The largest absolute Gasteiger partial charge is 0.336 e. The fraction of sp³-hybridized carbons (Fsp3) is 0.250. The van der Waals surface area contributed by atoms with Crippen LogP contribution in [0.5, 0.6) is 0 Å². The summed E-state index contributed by atoms with van der Waals surface area (Å²) in [5.74, 6) is -0.0809. The van der Waals surface area contributed by atoms with Gasteiger partial charge in [0.25, 0.3) is 5.91 Å². The van der Waals surface area contributed by atoms with E-state index in [9.17, 15) is 13.2 Å². The van der Waals surface area contributed by atoms with Gasteiger partial charge in [-0.15, -0.1) is 5.10 Å². The van der Waals surface area contributed by atoms with Crippen molar-refractivity contribution in [3.05, 3.63) is 72.6 Å². The van der Waals surface area contributed by atoms with Crippen LogP contribution in [0.15, 0.2) is 71.9 Å². The highest BCUT2D eigenvalue weighted by molar-refractivity contribution is 7.89. The van der Waals surface area contributed by atoms with Crippen molar-refractivity contribution in [2.45, 2.75) is 17.9 Å². The predicted octanol–water partition coefficient (Wildman–Crippen LogP) is 1.80. The van der Waals surface area contributed by atoms with Crippen LogP contribution in [0.4, 0.5) is 0 Å². The van der Waals surface area contributed by atoms with Crippen LogP contribution < -0.4 is 0 Å². The second-order valence-electron chi connectivity index (χ2n) is 6.93. The number of amides is 1. The molecule has 8 nitrogen and oxygen atoms in total. The van der Waals surface area contributed by atoms with Gasteiger partial charge >= 0.3 is 0 Å². The van der Waals surface area contributed by atoms with Gasteiger partial charge in [0.05, 0.1) is 23.0 Å². The van der Waals surface area contributed by atoms with Crippen molar-refractivity contribution >= 4 is 15.9 Å². The number of rotatable bonds is 4. The number of sulfonamides is 1. The van der Waals surface area contributed by atoms with Crippen LogP contribution in [-0.4, -0.2) is 64.2 Å². The van der Waals surface area contributed by atoms with Crippen LogP contribution >= 0.6 is 0 Å². The lowest BCUT2D eigenvalue weighted by Gasteiger charge is -2.39. The summed E-state index contributed by atoms with van der Waals surface area (Å²) in [6.45, 7) is 2.76. The maximum Gasteiger partial charge on any atom is 0.253 e. The molecule has 0 bridgehead atoms. The van der Waals surface area contributed by atoms with Crippen molar-refractivity contribution in [3.8, 4) is 5.69 Å². The van der Waals surface area contributed by atoms with Gasteiger partial charge in [-0.05, 0) is 37.3 Å². The SMILES string of the molecule is CC1CN(C(=O)c2ccccc2)CCN1S(=O)(=O)c1cccc(-n2ccnn2)c1. The molecule has 1 fully saturated rings. The molecule has 0 aliphatic carbocycles. The molecule has 1 aliphatic rings. The Bertz CT molecular complexity index is 1100. The zero-order chi connectivity index (χ0) is 20.4. The Morgan fingerprint density at radius 2 is 1.86 bits per heavy atom. The maximum atomic E-state index is 13.2. The van der Waals surface area contributed by atoms with E-state index in [0.29, 0.717) is 24.3 Å². The maximum absolute atomic E-state index is 13.2. The minimum atomic E-state index is -3.70. The van der Waals surface area contributed by atoms with Crippen LogP contribution in [0.2, 0.25) is 0 Å². The highest BCUT2D eigenvalue weighted by atomic mass is 32.2. The predicted molar refractivity (Wildman–Crippen MR) is 107 cm³/mol. The second kappa shape index (κ2) is 7.76. The Morgan fingerprint density at radius 3 is 2.55 bits per heavy atom. The summed E-state index contributed by atoms with van der Waals surface area (Å²) in [5, 5.41) is 7.67. The lowest BCUT2D eigenvalue weighted by molar-refractivity contribution is 0.0642. The van der Waals surface area contributed by atoms with E-state index in [0.717, 1.165) is 0 Å². The van der Waals surface area contributed by atoms with Crippen molar-refractivity contribution in [3.63, 3.8) is 0 Å². The summed E-state index contributed by atoms with van der Waals surface area (Å²) < 4.78 is 29.5. The topological polar surface area (TPSA) is 88.4 Å². The molecule has 3 aromatic rings. The average Bonchev–Trinajstić information content (AvgIpc) is 3.29. The fourth-order valence-corrected chi connectivity index (χ4v) is 5.17. The molecule has 1 unspecified atom stereocenters. The molecule has 1 saturated heterocycles. The Morgan fingerprint density at radius 1 is 1.07 bits per heavy atom. The number of benzene rings is 2. The summed E-state index contributed by atoms with van der Waals surface area (Å²) in [5.41, 5.74) is 1.23. The number of carbonyl (C=O) groups excluding carboxylic acids is 1. The molecule has 9 heteroatoms. The molecule has 0 N–H and O–H groups in total. The Labute approximate surface area is 169 Å². The second-order valence-corrected chi connectivity index (χ2v) is 8.82. The molecule has 1 aliphatic heterocycles. The zero-order valence-corrected chi connectivity index (χ0v) is 16.7. The first-order valence-corrected chi connectivity index (χ1v) is 10.7. The lowest BCUT2D eigenvalue weighted by Crippen LogP contribution is -2.55. The van der Waals surface area contributed by atoms with E-state index in [1.165, 1.54) is 15.2 Å². The molecule has 0 radical (unpaired) electrons. The third-order valence-corrected chi connectivity index (χ3v) is 7.00. The van der Waals surface area contributed by atoms with Gasteiger partial charge in [-0.2, -0.15) is 4.31 Å². The van der Waals surface area contributed by atoms with Crippen molar-refractivity contribution in [1.29, 1.82) is 0 Å². The van der Waals surface area contributed by atoms with Crippen molar-refractivity contribution in [1.82, 2.24) is 24.2 Å². The first-order valence-electron chi connectivity index (χ1n) is 9.30. The van der Waals surface area contributed by atoms with Gasteiger partial charge in [-0.25, -0.2) is 13.1 Å². The van der Waals surface area contributed by atoms with Crippen LogP contribution in [-0.2, 0) is 10.0 Å². The summed E-state index contributed by atoms with van der Waals surface area (Å²) in [4.78, 5) is 14.6. The molecule has 0 saturated carbocycles. The molecule has 4 rings (SSSR count). The van der Waals surface area contributed by atoms with Crippen molar-refractivity contribution < 1.29 is 13.2 Å². The van der Waals surface area contributed by atoms with Gasteiger partial charge in [0.15, 0.2) is 0 Å². The molecule has 1 atom stereocenters. The van der Waals surface area contributed by atoms with Gasteiger partial charge in [0.1, 0.15) is 0 Å². The first kappa shape index (κ1) is 19.3. The third kappa shape index (κ3) is 3.79. The zero-order valence-electron chi connectivity index (χ0n) is 15.9. The molecule has 1 aromatic heterocycles. The van der Waals surface area contributed by atoms with Crippen molar-refractivity contribution in [2.75, 3.05) is 19.6 Å².